The van der Waals surface area contributed by atoms with Crippen LogP contribution in [0.5, 0.6) is 0 Å². The largest absolute Gasteiger partial charge is 0.466 e. The summed E-state index contributed by atoms with van der Waals surface area (Å²) in [5, 5.41) is 3.35. The quantitative estimate of drug-likeness (QED) is 0.825. The second-order valence-corrected chi connectivity index (χ2v) is 4.33. The van der Waals surface area contributed by atoms with Crippen molar-refractivity contribution in [2.45, 2.75) is 31.8 Å². The Morgan fingerprint density at radius 2 is 2.13 bits per heavy atom. The van der Waals surface area contributed by atoms with Crippen molar-refractivity contribution in [3.05, 3.63) is 23.7 Å². The van der Waals surface area contributed by atoms with E-state index in [2.05, 4.69) is 11.4 Å². The van der Waals surface area contributed by atoms with Crippen LogP contribution in [0.15, 0.2) is 16.5 Å². The average molecular weight is 209 g/mol. The van der Waals surface area contributed by atoms with E-state index < -0.39 is 0 Å². The molecule has 0 saturated carbocycles. The molecule has 3 nitrogen and oxygen atoms in total. The van der Waals surface area contributed by atoms with Gasteiger partial charge in [0, 0.05) is 13.5 Å². The highest BCUT2D eigenvalue weighted by atomic mass is 16.5. The summed E-state index contributed by atoms with van der Waals surface area (Å²) in [5.41, 5.74) is -0.0183. The van der Waals surface area contributed by atoms with Gasteiger partial charge in [-0.05, 0) is 45.0 Å². The summed E-state index contributed by atoms with van der Waals surface area (Å²) in [5.74, 6) is 2.02. The molecule has 1 aromatic heterocycles. The number of piperidine rings is 1. The van der Waals surface area contributed by atoms with E-state index in [-0.39, 0.29) is 5.60 Å². The van der Waals surface area contributed by atoms with Gasteiger partial charge in [0.15, 0.2) is 0 Å². The standard InChI is InChI=1S/C12H19NO2/c1-10-3-4-11(15-10)9-12(14-2)5-7-13-8-6-12/h3-4,13H,5-9H2,1-2H3. The summed E-state index contributed by atoms with van der Waals surface area (Å²) < 4.78 is 11.3. The van der Waals surface area contributed by atoms with Crippen molar-refractivity contribution in [1.82, 2.24) is 5.32 Å². The highest BCUT2D eigenvalue weighted by Crippen LogP contribution is 2.27. The molecule has 0 spiro atoms. The van der Waals surface area contributed by atoms with Crippen molar-refractivity contribution in [2.24, 2.45) is 0 Å². The SMILES string of the molecule is COC1(Cc2ccc(C)o2)CCNCC1. The average Bonchev–Trinajstić information content (AvgIpc) is 2.65. The fraction of sp³-hybridized carbons (Fsp3) is 0.667. The van der Waals surface area contributed by atoms with Crippen LogP contribution in [0.3, 0.4) is 0 Å². The minimum atomic E-state index is -0.0183. The van der Waals surface area contributed by atoms with E-state index in [1.807, 2.05) is 13.0 Å². The number of ether oxygens (including phenoxy) is 1. The summed E-state index contributed by atoms with van der Waals surface area (Å²) in [4.78, 5) is 0. The lowest BCUT2D eigenvalue weighted by Crippen LogP contribution is -2.44. The smallest absolute Gasteiger partial charge is 0.107 e. The molecule has 3 heteroatoms. The molecule has 1 aromatic rings. The Bertz CT molecular complexity index is 313. The van der Waals surface area contributed by atoms with Gasteiger partial charge in [-0.25, -0.2) is 0 Å². The van der Waals surface area contributed by atoms with Gasteiger partial charge in [-0.3, -0.25) is 0 Å². The number of furan rings is 1. The van der Waals surface area contributed by atoms with Gasteiger partial charge in [-0.1, -0.05) is 0 Å². The van der Waals surface area contributed by atoms with Crippen LogP contribution in [0.25, 0.3) is 0 Å². The van der Waals surface area contributed by atoms with E-state index in [0.717, 1.165) is 43.9 Å². The minimum absolute atomic E-state index is 0.0183. The van der Waals surface area contributed by atoms with Gasteiger partial charge in [-0.15, -0.1) is 0 Å². The lowest BCUT2D eigenvalue weighted by Gasteiger charge is -2.35. The number of nitrogens with one attached hydrogen (secondary N) is 1. The number of aryl methyl sites for hydroxylation is 1. The number of rotatable bonds is 3. The first-order chi connectivity index (χ1) is 7.24. The Morgan fingerprint density at radius 3 is 2.67 bits per heavy atom. The monoisotopic (exact) mass is 209 g/mol. The molecule has 0 radical (unpaired) electrons. The van der Waals surface area contributed by atoms with Gasteiger partial charge in [0.25, 0.3) is 0 Å². The van der Waals surface area contributed by atoms with Gasteiger partial charge < -0.3 is 14.5 Å². The van der Waals surface area contributed by atoms with E-state index in [9.17, 15) is 0 Å². The van der Waals surface area contributed by atoms with Crippen LogP contribution in [0.2, 0.25) is 0 Å². The van der Waals surface area contributed by atoms with E-state index in [1.165, 1.54) is 0 Å². The molecule has 0 atom stereocenters. The van der Waals surface area contributed by atoms with Gasteiger partial charge in [0.05, 0.1) is 5.60 Å². The lowest BCUT2D eigenvalue weighted by molar-refractivity contribution is -0.0367. The Labute approximate surface area is 90.8 Å². The van der Waals surface area contributed by atoms with Crippen molar-refractivity contribution in [3.63, 3.8) is 0 Å². The lowest BCUT2D eigenvalue weighted by atomic mass is 9.88. The van der Waals surface area contributed by atoms with Crippen molar-refractivity contribution >= 4 is 0 Å². The summed E-state index contributed by atoms with van der Waals surface area (Å²) in [6, 6.07) is 4.07. The molecule has 0 aliphatic carbocycles. The van der Waals surface area contributed by atoms with Crippen molar-refractivity contribution in [2.75, 3.05) is 20.2 Å². The second kappa shape index (κ2) is 4.37. The van der Waals surface area contributed by atoms with Crippen LogP contribution >= 0.6 is 0 Å². The number of hydrogen-bond acceptors (Lipinski definition) is 3. The Balaban J connectivity index is 2.06. The Hall–Kier alpha value is -0.800. The minimum Gasteiger partial charge on any atom is -0.466 e. The molecule has 84 valence electrons. The highest BCUT2D eigenvalue weighted by molar-refractivity contribution is 5.09. The highest BCUT2D eigenvalue weighted by Gasteiger charge is 2.32. The first-order valence-corrected chi connectivity index (χ1v) is 5.55. The third-order valence-corrected chi connectivity index (χ3v) is 3.24. The number of methoxy groups -OCH3 is 1. The Morgan fingerprint density at radius 1 is 1.40 bits per heavy atom. The van der Waals surface area contributed by atoms with Crippen LogP contribution in [0, 0.1) is 6.92 Å². The summed E-state index contributed by atoms with van der Waals surface area (Å²) in [6.45, 7) is 4.05. The molecule has 1 aliphatic rings. The van der Waals surface area contributed by atoms with Crippen LogP contribution in [-0.4, -0.2) is 25.8 Å². The predicted molar refractivity (Wildman–Crippen MR) is 59.0 cm³/mol. The van der Waals surface area contributed by atoms with Crippen LogP contribution in [-0.2, 0) is 11.2 Å². The molecule has 0 amide bonds. The first kappa shape index (κ1) is 10.7. The molecule has 15 heavy (non-hydrogen) atoms. The van der Waals surface area contributed by atoms with Crippen LogP contribution in [0.4, 0.5) is 0 Å². The Kier molecular flexibility index (Phi) is 3.12. The molecule has 1 saturated heterocycles. The zero-order chi connectivity index (χ0) is 10.7. The molecule has 1 fully saturated rings. The molecule has 2 rings (SSSR count). The van der Waals surface area contributed by atoms with E-state index in [4.69, 9.17) is 9.15 Å². The molecule has 0 aromatic carbocycles. The maximum absolute atomic E-state index is 5.69. The number of hydrogen-bond donors (Lipinski definition) is 1. The third-order valence-electron chi connectivity index (χ3n) is 3.24. The third kappa shape index (κ3) is 2.41. The zero-order valence-electron chi connectivity index (χ0n) is 9.51. The van der Waals surface area contributed by atoms with E-state index in [0.29, 0.717) is 0 Å². The maximum Gasteiger partial charge on any atom is 0.107 e. The first-order valence-electron chi connectivity index (χ1n) is 5.55. The topological polar surface area (TPSA) is 34.4 Å². The van der Waals surface area contributed by atoms with Gasteiger partial charge in [0.2, 0.25) is 0 Å². The summed E-state index contributed by atoms with van der Waals surface area (Å²) >= 11 is 0. The van der Waals surface area contributed by atoms with Crippen LogP contribution in [0.1, 0.15) is 24.4 Å². The van der Waals surface area contributed by atoms with Gasteiger partial charge in [0.1, 0.15) is 11.5 Å². The maximum atomic E-state index is 5.69. The van der Waals surface area contributed by atoms with Crippen molar-refractivity contribution in [3.8, 4) is 0 Å². The summed E-state index contributed by atoms with van der Waals surface area (Å²) in [7, 11) is 1.81. The van der Waals surface area contributed by atoms with Gasteiger partial charge >= 0.3 is 0 Å². The normalized spacial score (nSPS) is 20.4. The van der Waals surface area contributed by atoms with E-state index >= 15 is 0 Å². The molecule has 1 aliphatic heterocycles. The molecule has 0 bridgehead atoms. The molecular weight excluding hydrogens is 190 g/mol. The fourth-order valence-corrected chi connectivity index (χ4v) is 2.23. The van der Waals surface area contributed by atoms with Crippen molar-refractivity contribution < 1.29 is 9.15 Å². The predicted octanol–water partition coefficient (Wildman–Crippen LogP) is 1.90. The molecule has 0 unspecified atom stereocenters. The zero-order valence-corrected chi connectivity index (χ0v) is 9.51. The summed E-state index contributed by atoms with van der Waals surface area (Å²) in [6.07, 6.45) is 3.01. The van der Waals surface area contributed by atoms with Gasteiger partial charge in [-0.2, -0.15) is 0 Å². The van der Waals surface area contributed by atoms with Crippen molar-refractivity contribution in [1.29, 1.82) is 0 Å². The second-order valence-electron chi connectivity index (χ2n) is 4.33. The van der Waals surface area contributed by atoms with E-state index in [1.54, 1.807) is 7.11 Å². The molecular formula is C12H19NO2. The molecule has 1 N–H and O–H groups in total. The molecule has 2 heterocycles. The van der Waals surface area contributed by atoms with Crippen LogP contribution < -0.4 is 5.32 Å². The fourth-order valence-electron chi connectivity index (χ4n) is 2.23.